The molecule has 0 aliphatic rings. The maximum Gasteiger partial charge on any atom is 0.339 e. The van der Waals surface area contributed by atoms with Crippen molar-refractivity contribution in [3.05, 3.63) is 59.7 Å². The molecular formula is C18H18O6S. The zero-order chi connectivity index (χ0) is 18.4. The van der Waals surface area contributed by atoms with Gasteiger partial charge in [0, 0.05) is 6.42 Å². The molecule has 6 nitrogen and oxygen atoms in total. The summed E-state index contributed by atoms with van der Waals surface area (Å²) in [6.07, 6.45) is 1.03. The predicted octanol–water partition coefficient (Wildman–Crippen LogP) is 2.76. The monoisotopic (exact) mass is 362 g/mol. The highest BCUT2D eigenvalue weighted by Gasteiger charge is 2.17. The molecule has 0 unspecified atom stereocenters. The van der Waals surface area contributed by atoms with Crippen LogP contribution in [0.5, 0.6) is 5.75 Å². The van der Waals surface area contributed by atoms with Gasteiger partial charge in [0.1, 0.15) is 16.4 Å². The van der Waals surface area contributed by atoms with E-state index in [0.717, 1.165) is 5.56 Å². The summed E-state index contributed by atoms with van der Waals surface area (Å²) in [5, 5.41) is 0. The Morgan fingerprint density at radius 2 is 1.56 bits per heavy atom. The van der Waals surface area contributed by atoms with Crippen LogP contribution in [0, 0.1) is 0 Å². The molecule has 0 fully saturated rings. The van der Waals surface area contributed by atoms with E-state index >= 15 is 0 Å². The summed E-state index contributed by atoms with van der Waals surface area (Å²) in [7, 11) is -2.76. The van der Waals surface area contributed by atoms with Gasteiger partial charge in [-0.2, -0.15) is 8.42 Å². The van der Waals surface area contributed by atoms with E-state index in [1.165, 1.54) is 50.4 Å². The van der Waals surface area contributed by atoms with E-state index in [1.807, 2.05) is 0 Å². The first-order chi connectivity index (χ1) is 11.8. The number of carbonyl (C=O) groups excluding carboxylic acids is 2. The van der Waals surface area contributed by atoms with Crippen molar-refractivity contribution in [3.63, 3.8) is 0 Å². The van der Waals surface area contributed by atoms with E-state index in [9.17, 15) is 18.0 Å². The molecule has 7 heteroatoms. The fraction of sp³-hybridized carbons (Fsp3) is 0.222. The van der Waals surface area contributed by atoms with Crippen LogP contribution >= 0.6 is 0 Å². The van der Waals surface area contributed by atoms with E-state index in [1.54, 1.807) is 12.1 Å². The third kappa shape index (κ3) is 5.15. The number of carbonyl (C=O) groups is 2. The van der Waals surface area contributed by atoms with Crippen LogP contribution in [0.2, 0.25) is 0 Å². The average molecular weight is 362 g/mol. The smallest absolute Gasteiger partial charge is 0.339 e. The second-order valence-corrected chi connectivity index (χ2v) is 6.95. The Morgan fingerprint density at radius 3 is 2.08 bits per heavy atom. The van der Waals surface area contributed by atoms with E-state index in [-0.39, 0.29) is 22.0 Å². The van der Waals surface area contributed by atoms with Gasteiger partial charge in [-0.25, -0.2) is 4.79 Å². The lowest BCUT2D eigenvalue weighted by Gasteiger charge is -2.08. The highest BCUT2D eigenvalue weighted by atomic mass is 32.2. The molecule has 0 atom stereocenters. The summed E-state index contributed by atoms with van der Waals surface area (Å²) in [5.74, 6) is -0.284. The molecule has 0 saturated heterocycles. The Bertz CT molecular complexity index is 851. The lowest BCUT2D eigenvalue weighted by Crippen LogP contribution is -2.10. The molecule has 2 aromatic carbocycles. The van der Waals surface area contributed by atoms with E-state index in [4.69, 9.17) is 4.18 Å². The second kappa shape index (κ2) is 7.94. The molecule has 0 saturated carbocycles. The number of ketones is 1. The van der Waals surface area contributed by atoms with Crippen LogP contribution in [0.25, 0.3) is 0 Å². The molecule has 0 heterocycles. The summed E-state index contributed by atoms with van der Waals surface area (Å²) in [4.78, 5) is 22.3. The molecule has 2 rings (SSSR count). The number of aryl methyl sites for hydroxylation is 1. The third-order valence-electron chi connectivity index (χ3n) is 3.46. The number of hydrogen-bond donors (Lipinski definition) is 0. The van der Waals surface area contributed by atoms with Crippen molar-refractivity contribution in [1.29, 1.82) is 0 Å². The Morgan fingerprint density at radius 1 is 0.960 bits per heavy atom. The van der Waals surface area contributed by atoms with Gasteiger partial charge in [-0.3, -0.25) is 0 Å². The van der Waals surface area contributed by atoms with Crippen LogP contribution in [0.4, 0.5) is 0 Å². The highest BCUT2D eigenvalue weighted by molar-refractivity contribution is 7.87. The average Bonchev–Trinajstić information content (AvgIpc) is 2.60. The molecule has 0 amide bonds. The van der Waals surface area contributed by atoms with Crippen LogP contribution in [0.15, 0.2) is 53.4 Å². The van der Waals surface area contributed by atoms with Gasteiger partial charge in [-0.1, -0.05) is 12.1 Å². The summed E-state index contributed by atoms with van der Waals surface area (Å²) in [6.45, 7) is 1.52. The fourth-order valence-electron chi connectivity index (χ4n) is 2.08. The minimum Gasteiger partial charge on any atom is -0.465 e. The highest BCUT2D eigenvalue weighted by Crippen LogP contribution is 2.20. The topological polar surface area (TPSA) is 86.7 Å². The predicted molar refractivity (Wildman–Crippen MR) is 91.0 cm³/mol. The van der Waals surface area contributed by atoms with Crippen molar-refractivity contribution in [1.82, 2.24) is 0 Å². The molecule has 0 aliphatic carbocycles. The fourth-order valence-corrected chi connectivity index (χ4v) is 3.01. The van der Waals surface area contributed by atoms with Gasteiger partial charge in [-0.05, 0) is 55.3 Å². The lowest BCUT2D eigenvalue weighted by molar-refractivity contribution is -0.116. The first kappa shape index (κ1) is 18.7. The van der Waals surface area contributed by atoms with Gasteiger partial charge >= 0.3 is 16.1 Å². The van der Waals surface area contributed by atoms with Gasteiger partial charge in [-0.15, -0.1) is 0 Å². The summed E-state index contributed by atoms with van der Waals surface area (Å²) in [6, 6.07) is 11.8. The van der Waals surface area contributed by atoms with Crippen molar-refractivity contribution >= 4 is 21.9 Å². The van der Waals surface area contributed by atoms with Gasteiger partial charge in [0.25, 0.3) is 0 Å². The number of ether oxygens (including phenoxy) is 1. The maximum atomic E-state index is 12.3. The van der Waals surface area contributed by atoms with Crippen LogP contribution < -0.4 is 4.18 Å². The van der Waals surface area contributed by atoms with Crippen LogP contribution in [-0.4, -0.2) is 27.3 Å². The van der Waals surface area contributed by atoms with Crippen LogP contribution in [0.1, 0.15) is 29.3 Å². The maximum absolute atomic E-state index is 12.3. The number of methoxy groups -OCH3 is 1. The standard InChI is InChI=1S/C18H18O6S/c1-13(19)3-4-14-5-9-16(10-6-14)24-25(21,22)17-11-7-15(8-12-17)18(20)23-2/h5-12H,3-4H2,1-2H3. The molecule has 2 aromatic rings. The number of Topliss-reactive ketones (excluding diaryl/α,β-unsaturated/α-hetero) is 1. The molecular weight excluding hydrogens is 344 g/mol. The number of rotatable bonds is 7. The zero-order valence-electron chi connectivity index (χ0n) is 13.9. The first-order valence-electron chi connectivity index (χ1n) is 7.53. The summed E-state index contributed by atoms with van der Waals surface area (Å²) < 4.78 is 34.2. The SMILES string of the molecule is COC(=O)c1ccc(S(=O)(=O)Oc2ccc(CCC(C)=O)cc2)cc1. The van der Waals surface area contributed by atoms with Crippen molar-refractivity contribution in [3.8, 4) is 5.75 Å². The molecule has 0 radical (unpaired) electrons. The van der Waals surface area contributed by atoms with Crippen molar-refractivity contribution in [2.45, 2.75) is 24.7 Å². The Labute approximate surface area is 146 Å². The van der Waals surface area contributed by atoms with E-state index in [0.29, 0.717) is 12.8 Å². The lowest BCUT2D eigenvalue weighted by atomic mass is 10.1. The third-order valence-corrected chi connectivity index (χ3v) is 4.72. The van der Waals surface area contributed by atoms with Crippen molar-refractivity contribution in [2.75, 3.05) is 7.11 Å². The largest absolute Gasteiger partial charge is 0.465 e. The normalized spacial score (nSPS) is 11.0. The molecule has 0 aliphatic heterocycles. The number of esters is 1. The number of benzene rings is 2. The quantitative estimate of drug-likeness (QED) is 0.556. The molecule has 0 aromatic heterocycles. The minimum atomic E-state index is -4.01. The Hall–Kier alpha value is -2.67. The molecule has 132 valence electrons. The second-order valence-electron chi connectivity index (χ2n) is 5.40. The Kier molecular flexibility index (Phi) is 5.93. The van der Waals surface area contributed by atoms with Crippen molar-refractivity contribution in [2.24, 2.45) is 0 Å². The van der Waals surface area contributed by atoms with Crippen LogP contribution in [0.3, 0.4) is 0 Å². The summed E-state index contributed by atoms with van der Waals surface area (Å²) in [5.41, 5.74) is 1.17. The molecule has 0 bridgehead atoms. The molecule has 25 heavy (non-hydrogen) atoms. The number of hydrogen-bond acceptors (Lipinski definition) is 6. The van der Waals surface area contributed by atoms with Gasteiger partial charge in [0.15, 0.2) is 0 Å². The van der Waals surface area contributed by atoms with E-state index < -0.39 is 16.1 Å². The van der Waals surface area contributed by atoms with Gasteiger partial charge in [0.2, 0.25) is 0 Å². The molecule has 0 spiro atoms. The molecule has 0 N–H and O–H groups in total. The summed E-state index contributed by atoms with van der Waals surface area (Å²) >= 11 is 0. The van der Waals surface area contributed by atoms with E-state index in [2.05, 4.69) is 4.74 Å². The van der Waals surface area contributed by atoms with Crippen molar-refractivity contribution < 1.29 is 26.9 Å². The van der Waals surface area contributed by atoms with Gasteiger partial charge in [0.05, 0.1) is 12.7 Å². The zero-order valence-corrected chi connectivity index (χ0v) is 14.7. The van der Waals surface area contributed by atoms with Crippen LogP contribution in [-0.2, 0) is 26.1 Å². The Balaban J connectivity index is 2.10. The minimum absolute atomic E-state index is 0.0687. The van der Waals surface area contributed by atoms with Gasteiger partial charge < -0.3 is 13.7 Å². The first-order valence-corrected chi connectivity index (χ1v) is 8.94.